The molecular weight excluding hydrogens is 88.0 g/mol. The molecule has 0 rings (SSSR count). The fraction of sp³-hybridized carbons (Fsp3) is 0.500. The number of carboxylic acid groups (broad SMARTS) is 2. The summed E-state index contributed by atoms with van der Waals surface area (Å²) >= 11 is 0. The fourth-order valence-corrected chi connectivity index (χ4v) is 0. The van der Waals surface area contributed by atoms with E-state index >= 15 is 0 Å². The fourth-order valence-electron chi connectivity index (χ4n) is 0. The lowest BCUT2D eigenvalue weighted by Gasteiger charge is -1.60. The van der Waals surface area contributed by atoms with Gasteiger partial charge in [0.15, 0.2) is 0 Å². The van der Waals surface area contributed by atoms with Gasteiger partial charge in [0.2, 0.25) is 0 Å². The summed E-state index contributed by atoms with van der Waals surface area (Å²) in [6.07, 6.45) is -1.83. The third-order valence-electron chi connectivity index (χ3n) is 0. The highest BCUT2D eigenvalue weighted by atomic mass is 16.6. The van der Waals surface area contributed by atoms with E-state index in [1.807, 2.05) is 0 Å². The van der Waals surface area contributed by atoms with Crippen LogP contribution >= 0.6 is 0 Å². The predicted molar refractivity (Wildman–Crippen MR) is 21.0 cm³/mol. The van der Waals surface area contributed by atoms with E-state index in [1.165, 1.54) is 0 Å². The Morgan fingerprint density at radius 1 is 1.33 bits per heavy atom. The molecule has 0 aliphatic rings. The maximum atomic E-state index is 8.56. The summed E-state index contributed by atoms with van der Waals surface area (Å²) in [5, 5.41) is 13.9. The molecule has 0 fully saturated rings. The normalized spacial score (nSPS) is 4.00. The van der Waals surface area contributed by atoms with Crippen molar-refractivity contribution in [3.8, 4) is 0 Å². The van der Waals surface area contributed by atoms with Crippen LogP contribution in [0.25, 0.3) is 0 Å². The summed E-state index contributed by atoms with van der Waals surface area (Å²) in [4.78, 5) is 8.56. The molecule has 0 aromatic carbocycles. The quantitative estimate of drug-likeness (QED) is 0.446. The second kappa shape index (κ2) is 8.87. The zero-order chi connectivity index (χ0) is 3.58. The van der Waals surface area contributed by atoms with E-state index in [1.54, 1.807) is 0 Å². The van der Waals surface area contributed by atoms with Gasteiger partial charge in [0.1, 0.15) is 0 Å². The number of hydrogen-bond acceptors (Lipinski definition) is 1. The van der Waals surface area contributed by atoms with Crippen LogP contribution in [0.1, 0.15) is 7.43 Å². The van der Waals surface area contributed by atoms with E-state index in [-0.39, 0.29) is 12.9 Å². The van der Waals surface area contributed by atoms with Gasteiger partial charge in [0.25, 0.3) is 0 Å². The average molecular weight is 96.1 g/mol. The zero-order valence-corrected chi connectivity index (χ0v) is 2.30. The van der Waals surface area contributed by atoms with Gasteiger partial charge in [-0.25, -0.2) is 4.79 Å². The second-order valence-corrected chi connectivity index (χ2v) is 0.283. The molecule has 0 aliphatic heterocycles. The number of carbonyl (C=O) groups is 1. The first-order chi connectivity index (χ1) is 1.73. The van der Waals surface area contributed by atoms with Crippen LogP contribution in [-0.2, 0) is 0 Å². The first kappa shape index (κ1) is 18.8. The van der Waals surface area contributed by atoms with Crippen LogP contribution in [0.5, 0.6) is 0 Å². The maximum absolute atomic E-state index is 8.56. The Bertz CT molecular complexity index is 28.5. The Kier molecular flexibility index (Phi) is 27.8. The van der Waals surface area contributed by atoms with Gasteiger partial charge >= 0.3 is 6.16 Å². The van der Waals surface area contributed by atoms with Gasteiger partial charge < -0.3 is 15.7 Å². The molecule has 0 aromatic rings. The third kappa shape index (κ3) is 27.1. The predicted octanol–water partition coefficient (Wildman–Crippen LogP) is 0.0338. The molecule has 0 aliphatic carbocycles. The van der Waals surface area contributed by atoms with Gasteiger partial charge in [0, 0.05) is 0 Å². The molecule has 0 heterocycles. The number of hydrogen-bond donors (Lipinski definition) is 2. The highest BCUT2D eigenvalue weighted by molar-refractivity contribution is 5.53. The maximum Gasteiger partial charge on any atom is 0.503 e. The molecule has 0 amide bonds. The molecule has 0 unspecified atom stereocenters. The Hall–Kier alpha value is -0.770. The first-order valence-corrected chi connectivity index (χ1v) is 0.651. The summed E-state index contributed by atoms with van der Waals surface area (Å²) in [6.45, 7) is 0. The van der Waals surface area contributed by atoms with E-state index < -0.39 is 6.16 Å². The molecule has 0 saturated carbocycles. The minimum atomic E-state index is -1.83. The van der Waals surface area contributed by atoms with Crippen molar-refractivity contribution < 1.29 is 20.5 Å². The second-order valence-electron chi connectivity index (χ2n) is 0.283. The van der Waals surface area contributed by atoms with Crippen molar-refractivity contribution in [2.45, 2.75) is 7.43 Å². The summed E-state index contributed by atoms with van der Waals surface area (Å²) < 4.78 is 0. The molecule has 4 heteroatoms. The van der Waals surface area contributed by atoms with Gasteiger partial charge in [0.05, 0.1) is 0 Å². The van der Waals surface area contributed by atoms with Gasteiger partial charge in [-0.3, -0.25) is 0 Å². The molecule has 4 nitrogen and oxygen atoms in total. The third-order valence-corrected chi connectivity index (χ3v) is 0. The average Bonchev–Trinajstić information content (AvgIpc) is 0.811. The van der Waals surface area contributed by atoms with Crippen molar-refractivity contribution in [3.05, 3.63) is 0 Å². The van der Waals surface area contributed by atoms with Crippen molar-refractivity contribution in [3.63, 3.8) is 0 Å². The van der Waals surface area contributed by atoms with Crippen LogP contribution < -0.4 is 0 Å². The molecule has 4 N–H and O–H groups in total. The highest BCUT2D eigenvalue weighted by Gasteiger charge is 1.70. The van der Waals surface area contributed by atoms with Crippen LogP contribution in [0.15, 0.2) is 0 Å². The van der Waals surface area contributed by atoms with E-state index in [9.17, 15) is 0 Å². The van der Waals surface area contributed by atoms with Crippen molar-refractivity contribution in [2.24, 2.45) is 0 Å². The first-order valence-electron chi connectivity index (χ1n) is 0.651. The largest absolute Gasteiger partial charge is 0.503 e. The molecule has 0 aromatic heterocycles. The minimum Gasteiger partial charge on any atom is -0.450 e. The van der Waals surface area contributed by atoms with Crippen molar-refractivity contribution in [2.75, 3.05) is 0 Å². The highest BCUT2D eigenvalue weighted by Crippen LogP contribution is 1.42. The Balaban J connectivity index is -0.0000000450. The molecular formula is C2H8O4. The van der Waals surface area contributed by atoms with Gasteiger partial charge in [-0.1, -0.05) is 7.43 Å². The lowest BCUT2D eigenvalue weighted by atomic mass is 11.5. The van der Waals surface area contributed by atoms with Gasteiger partial charge in [-0.15, -0.1) is 0 Å². The minimum absolute atomic E-state index is 0. The summed E-state index contributed by atoms with van der Waals surface area (Å²) in [5.41, 5.74) is 0. The van der Waals surface area contributed by atoms with Crippen molar-refractivity contribution >= 4 is 6.16 Å². The molecule has 0 saturated heterocycles. The lowest BCUT2D eigenvalue weighted by Crippen LogP contribution is -1.81. The molecule has 0 radical (unpaired) electrons. The van der Waals surface area contributed by atoms with Crippen LogP contribution in [0.3, 0.4) is 0 Å². The standard InChI is InChI=1S/CH2O3.CH4.H2O/c2-1(3)4;;/h(H2,2,3,4);1H4;1H2. The van der Waals surface area contributed by atoms with Crippen LogP contribution in [0.4, 0.5) is 4.79 Å². The summed E-state index contributed by atoms with van der Waals surface area (Å²) in [7, 11) is 0. The van der Waals surface area contributed by atoms with E-state index in [2.05, 4.69) is 0 Å². The van der Waals surface area contributed by atoms with Crippen molar-refractivity contribution in [1.82, 2.24) is 0 Å². The van der Waals surface area contributed by atoms with Crippen LogP contribution in [-0.4, -0.2) is 21.8 Å². The van der Waals surface area contributed by atoms with Crippen molar-refractivity contribution in [1.29, 1.82) is 0 Å². The topological polar surface area (TPSA) is 89.0 Å². The van der Waals surface area contributed by atoms with Gasteiger partial charge in [-0.05, 0) is 0 Å². The zero-order valence-electron chi connectivity index (χ0n) is 2.30. The molecule has 40 valence electrons. The Morgan fingerprint density at radius 3 is 1.33 bits per heavy atom. The van der Waals surface area contributed by atoms with Gasteiger partial charge in [-0.2, -0.15) is 0 Å². The SMILES string of the molecule is C.O.O=C(O)O. The van der Waals surface area contributed by atoms with E-state index in [0.717, 1.165) is 0 Å². The number of rotatable bonds is 0. The summed E-state index contributed by atoms with van der Waals surface area (Å²) in [6, 6.07) is 0. The molecule has 6 heavy (non-hydrogen) atoms. The van der Waals surface area contributed by atoms with Crippen LogP contribution in [0.2, 0.25) is 0 Å². The lowest BCUT2D eigenvalue weighted by molar-refractivity contribution is 0.137. The molecule has 0 spiro atoms. The van der Waals surface area contributed by atoms with Crippen LogP contribution in [0, 0.1) is 0 Å². The summed E-state index contributed by atoms with van der Waals surface area (Å²) in [5.74, 6) is 0. The molecule has 0 atom stereocenters. The Labute approximate surface area is 35.3 Å². The van der Waals surface area contributed by atoms with E-state index in [0.29, 0.717) is 0 Å². The monoisotopic (exact) mass is 96.0 g/mol. The smallest absolute Gasteiger partial charge is 0.450 e. The van der Waals surface area contributed by atoms with E-state index in [4.69, 9.17) is 15.0 Å². The Morgan fingerprint density at radius 2 is 1.33 bits per heavy atom. The molecule has 0 bridgehead atoms.